The van der Waals surface area contributed by atoms with Crippen LogP contribution >= 0.6 is 11.8 Å². The third-order valence-corrected chi connectivity index (χ3v) is 3.97. The number of hydrogen-bond donors (Lipinski definition) is 1. The van der Waals surface area contributed by atoms with Gasteiger partial charge in [0, 0.05) is 23.1 Å². The molecule has 1 heterocycles. The largest absolute Gasteiger partial charge is 0.366 e. The van der Waals surface area contributed by atoms with Gasteiger partial charge in [-0.2, -0.15) is 11.8 Å². The van der Waals surface area contributed by atoms with E-state index in [0.717, 1.165) is 24.4 Å². The second-order valence-electron chi connectivity index (χ2n) is 4.21. The highest BCUT2D eigenvalue weighted by Crippen LogP contribution is 2.25. The fourth-order valence-corrected chi connectivity index (χ4v) is 2.73. The number of thioether (sulfide) groups is 1. The summed E-state index contributed by atoms with van der Waals surface area (Å²) in [5.41, 5.74) is 2.59. The van der Waals surface area contributed by atoms with Crippen molar-refractivity contribution in [3.8, 4) is 0 Å². The number of aromatic nitrogens is 2. The molecule has 1 N–H and O–H groups in total. The van der Waals surface area contributed by atoms with Crippen LogP contribution in [0.2, 0.25) is 0 Å². The van der Waals surface area contributed by atoms with Crippen LogP contribution in [0.15, 0.2) is 6.33 Å². The number of anilines is 1. The standard InChI is InChI=1S/C12H19N3S/c1-3-16-7-9(2)15-12-10-5-4-6-11(10)13-8-14-12/h8-9H,3-7H2,1-2H3,(H,13,14,15). The molecule has 0 fully saturated rings. The molecule has 0 aromatic carbocycles. The van der Waals surface area contributed by atoms with Gasteiger partial charge < -0.3 is 5.32 Å². The van der Waals surface area contributed by atoms with Crippen LogP contribution in [-0.4, -0.2) is 27.5 Å². The van der Waals surface area contributed by atoms with Crippen LogP contribution in [-0.2, 0) is 12.8 Å². The fraction of sp³-hybridized carbons (Fsp3) is 0.667. The van der Waals surface area contributed by atoms with Gasteiger partial charge >= 0.3 is 0 Å². The number of fused-ring (bicyclic) bond motifs is 1. The van der Waals surface area contributed by atoms with E-state index in [9.17, 15) is 0 Å². The van der Waals surface area contributed by atoms with Crippen molar-refractivity contribution in [1.29, 1.82) is 0 Å². The maximum atomic E-state index is 4.37. The minimum absolute atomic E-state index is 0.476. The molecule has 1 aromatic rings. The van der Waals surface area contributed by atoms with E-state index in [1.165, 1.54) is 23.4 Å². The average Bonchev–Trinajstić information content (AvgIpc) is 2.75. The van der Waals surface area contributed by atoms with Crippen molar-refractivity contribution in [2.24, 2.45) is 0 Å². The summed E-state index contributed by atoms with van der Waals surface area (Å²) in [6, 6.07) is 0.476. The lowest BCUT2D eigenvalue weighted by Gasteiger charge is -2.15. The van der Waals surface area contributed by atoms with Crippen molar-refractivity contribution in [1.82, 2.24) is 9.97 Å². The molecular weight excluding hydrogens is 218 g/mol. The van der Waals surface area contributed by atoms with Crippen molar-refractivity contribution in [2.75, 3.05) is 16.8 Å². The molecule has 1 aliphatic rings. The topological polar surface area (TPSA) is 37.8 Å². The second-order valence-corrected chi connectivity index (χ2v) is 5.52. The quantitative estimate of drug-likeness (QED) is 0.854. The zero-order valence-electron chi connectivity index (χ0n) is 9.99. The Morgan fingerprint density at radius 3 is 3.12 bits per heavy atom. The first kappa shape index (κ1) is 11.7. The number of nitrogens with one attached hydrogen (secondary N) is 1. The summed E-state index contributed by atoms with van der Waals surface area (Å²) < 4.78 is 0. The van der Waals surface area contributed by atoms with Crippen molar-refractivity contribution in [3.63, 3.8) is 0 Å². The Kier molecular flexibility index (Phi) is 4.04. The summed E-state index contributed by atoms with van der Waals surface area (Å²) in [5, 5.41) is 3.51. The molecule has 0 radical (unpaired) electrons. The minimum Gasteiger partial charge on any atom is -0.366 e. The Morgan fingerprint density at radius 2 is 2.31 bits per heavy atom. The maximum Gasteiger partial charge on any atom is 0.133 e. The van der Waals surface area contributed by atoms with Gasteiger partial charge in [-0.1, -0.05) is 6.92 Å². The molecule has 2 rings (SSSR count). The van der Waals surface area contributed by atoms with Gasteiger partial charge in [-0.15, -0.1) is 0 Å². The Hall–Kier alpha value is -0.770. The summed E-state index contributed by atoms with van der Waals surface area (Å²) in [5.74, 6) is 3.37. The highest BCUT2D eigenvalue weighted by molar-refractivity contribution is 7.99. The summed E-state index contributed by atoms with van der Waals surface area (Å²) in [6.07, 6.45) is 5.16. The minimum atomic E-state index is 0.476. The first-order chi connectivity index (χ1) is 7.81. The lowest BCUT2D eigenvalue weighted by molar-refractivity contribution is 0.885. The number of aryl methyl sites for hydroxylation is 1. The highest BCUT2D eigenvalue weighted by atomic mass is 32.2. The third kappa shape index (κ3) is 2.67. The molecular formula is C12H19N3S. The van der Waals surface area contributed by atoms with Crippen molar-refractivity contribution in [3.05, 3.63) is 17.6 Å². The first-order valence-corrected chi connectivity index (χ1v) is 7.13. The Morgan fingerprint density at radius 1 is 1.44 bits per heavy atom. The Balaban J connectivity index is 2.01. The van der Waals surface area contributed by atoms with Gasteiger partial charge in [0.25, 0.3) is 0 Å². The molecule has 0 saturated heterocycles. The number of hydrogen-bond acceptors (Lipinski definition) is 4. The molecule has 1 atom stereocenters. The van der Waals surface area contributed by atoms with Crippen LogP contribution in [0.1, 0.15) is 31.5 Å². The van der Waals surface area contributed by atoms with Crippen molar-refractivity contribution >= 4 is 17.6 Å². The number of nitrogens with zero attached hydrogens (tertiary/aromatic N) is 2. The molecule has 3 nitrogen and oxygen atoms in total. The van der Waals surface area contributed by atoms with E-state index in [1.54, 1.807) is 6.33 Å². The van der Waals surface area contributed by atoms with Gasteiger partial charge in [0.05, 0.1) is 0 Å². The van der Waals surface area contributed by atoms with Gasteiger partial charge in [-0.05, 0) is 31.9 Å². The lowest BCUT2D eigenvalue weighted by atomic mass is 10.2. The lowest BCUT2D eigenvalue weighted by Crippen LogP contribution is -2.20. The summed E-state index contributed by atoms with van der Waals surface area (Å²) in [6.45, 7) is 4.41. The van der Waals surface area contributed by atoms with E-state index in [1.807, 2.05) is 11.8 Å². The molecule has 88 valence electrons. The molecule has 0 amide bonds. The Labute approximate surface area is 101 Å². The van der Waals surface area contributed by atoms with Crippen LogP contribution in [0.4, 0.5) is 5.82 Å². The van der Waals surface area contributed by atoms with Crippen LogP contribution in [0.25, 0.3) is 0 Å². The second kappa shape index (κ2) is 5.53. The van der Waals surface area contributed by atoms with Gasteiger partial charge in [-0.3, -0.25) is 0 Å². The molecule has 0 saturated carbocycles. The predicted octanol–water partition coefficient (Wildman–Crippen LogP) is 2.52. The van der Waals surface area contributed by atoms with Gasteiger partial charge in [0.2, 0.25) is 0 Å². The first-order valence-electron chi connectivity index (χ1n) is 5.98. The van der Waals surface area contributed by atoms with Gasteiger partial charge in [0.1, 0.15) is 12.1 Å². The molecule has 0 aliphatic heterocycles. The van der Waals surface area contributed by atoms with E-state index in [2.05, 4.69) is 29.1 Å². The summed E-state index contributed by atoms with van der Waals surface area (Å²) in [4.78, 5) is 8.70. The zero-order valence-corrected chi connectivity index (χ0v) is 10.8. The predicted molar refractivity (Wildman–Crippen MR) is 70.1 cm³/mol. The van der Waals surface area contributed by atoms with Gasteiger partial charge in [0.15, 0.2) is 0 Å². The molecule has 0 spiro atoms. The summed E-state index contributed by atoms with van der Waals surface area (Å²) >= 11 is 1.96. The van der Waals surface area contributed by atoms with Crippen molar-refractivity contribution < 1.29 is 0 Å². The average molecular weight is 237 g/mol. The molecule has 1 unspecified atom stereocenters. The maximum absolute atomic E-state index is 4.37. The Bertz CT molecular complexity index is 354. The van der Waals surface area contributed by atoms with E-state index in [4.69, 9.17) is 0 Å². The molecule has 1 aromatic heterocycles. The van der Waals surface area contributed by atoms with Crippen LogP contribution in [0, 0.1) is 0 Å². The molecule has 4 heteroatoms. The van der Waals surface area contributed by atoms with Crippen LogP contribution in [0.5, 0.6) is 0 Å². The third-order valence-electron chi connectivity index (χ3n) is 2.83. The van der Waals surface area contributed by atoms with E-state index >= 15 is 0 Å². The van der Waals surface area contributed by atoms with E-state index in [0.29, 0.717) is 6.04 Å². The monoisotopic (exact) mass is 237 g/mol. The smallest absolute Gasteiger partial charge is 0.133 e. The van der Waals surface area contributed by atoms with Crippen LogP contribution < -0.4 is 5.32 Å². The van der Waals surface area contributed by atoms with E-state index < -0.39 is 0 Å². The molecule has 1 aliphatic carbocycles. The fourth-order valence-electron chi connectivity index (χ4n) is 2.05. The normalized spacial score (nSPS) is 15.9. The van der Waals surface area contributed by atoms with Gasteiger partial charge in [-0.25, -0.2) is 9.97 Å². The van der Waals surface area contributed by atoms with Crippen molar-refractivity contribution in [2.45, 2.75) is 39.2 Å². The summed E-state index contributed by atoms with van der Waals surface area (Å²) in [7, 11) is 0. The SMILES string of the molecule is CCSCC(C)Nc1ncnc2c1CCC2. The highest BCUT2D eigenvalue weighted by Gasteiger charge is 2.17. The molecule has 16 heavy (non-hydrogen) atoms. The number of rotatable bonds is 5. The van der Waals surface area contributed by atoms with Crippen LogP contribution in [0.3, 0.4) is 0 Å². The molecule has 0 bridgehead atoms. The van der Waals surface area contributed by atoms with E-state index in [-0.39, 0.29) is 0 Å². The zero-order chi connectivity index (χ0) is 11.4.